The van der Waals surface area contributed by atoms with Crippen LogP contribution >= 0.6 is 23.7 Å². The van der Waals surface area contributed by atoms with Gasteiger partial charge in [-0.3, -0.25) is 4.79 Å². The highest BCUT2D eigenvalue weighted by Crippen LogP contribution is 2.35. The topological polar surface area (TPSA) is 81.7 Å². The van der Waals surface area contributed by atoms with Gasteiger partial charge in [0.2, 0.25) is 5.91 Å². The Morgan fingerprint density at radius 2 is 2.12 bits per heavy atom. The van der Waals surface area contributed by atoms with E-state index in [0.29, 0.717) is 38.0 Å². The molecule has 2 aliphatic heterocycles. The van der Waals surface area contributed by atoms with E-state index in [-0.39, 0.29) is 24.4 Å². The summed E-state index contributed by atoms with van der Waals surface area (Å²) in [6.45, 7) is 3.16. The number of fused-ring (bicyclic) bond motifs is 1. The molecule has 1 atom stereocenters. The lowest BCUT2D eigenvalue weighted by Crippen LogP contribution is -2.43. The molecule has 0 bridgehead atoms. The molecule has 0 spiro atoms. The van der Waals surface area contributed by atoms with Crippen LogP contribution in [-0.4, -0.2) is 49.9 Å². The Hall–Kier alpha value is -1.87. The predicted octanol–water partition coefficient (Wildman–Crippen LogP) is 2.32. The highest BCUT2D eigenvalue weighted by atomic mass is 35.5. The molecule has 7 nitrogen and oxygen atoms in total. The van der Waals surface area contributed by atoms with Crippen molar-refractivity contribution < 1.29 is 19.0 Å². The van der Waals surface area contributed by atoms with Gasteiger partial charge in [-0.05, 0) is 18.2 Å². The SMILES string of the molecule is Cl.O=C(CC1COCCN1)Nc1nc(-c2ccc3c(c2)OCCO3)cs1. The molecule has 1 saturated heterocycles. The highest BCUT2D eigenvalue weighted by Gasteiger charge is 2.18. The van der Waals surface area contributed by atoms with Crippen molar-refractivity contribution in [1.29, 1.82) is 0 Å². The summed E-state index contributed by atoms with van der Waals surface area (Å²) in [5.74, 6) is 1.41. The molecule has 0 saturated carbocycles. The zero-order valence-electron chi connectivity index (χ0n) is 14.0. The molecule has 26 heavy (non-hydrogen) atoms. The van der Waals surface area contributed by atoms with Crippen LogP contribution in [0.2, 0.25) is 0 Å². The quantitative estimate of drug-likeness (QED) is 0.824. The standard InChI is InChI=1S/C17H19N3O4S.ClH/c21-16(8-12-9-22-4-3-18-12)20-17-19-13(10-25-17)11-1-2-14-15(7-11)24-6-5-23-14;/h1-2,7,10,12,18H,3-6,8-9H2,(H,19,20,21);1H. The Bertz CT molecular complexity index is 764. The molecule has 1 amide bonds. The Kier molecular flexibility index (Phi) is 6.31. The summed E-state index contributed by atoms with van der Waals surface area (Å²) in [4.78, 5) is 16.6. The molecule has 0 radical (unpaired) electrons. The number of amides is 1. The van der Waals surface area contributed by atoms with Crippen LogP contribution in [0.3, 0.4) is 0 Å². The number of rotatable bonds is 4. The summed E-state index contributed by atoms with van der Waals surface area (Å²) in [6.07, 6.45) is 0.374. The number of anilines is 1. The molecule has 0 aliphatic carbocycles. The lowest BCUT2D eigenvalue weighted by atomic mass is 10.1. The Balaban J connectivity index is 0.00000196. The number of ether oxygens (including phenoxy) is 3. The first-order valence-electron chi connectivity index (χ1n) is 8.24. The van der Waals surface area contributed by atoms with Crippen molar-refractivity contribution in [3.63, 3.8) is 0 Å². The second-order valence-electron chi connectivity index (χ2n) is 5.87. The fraction of sp³-hybridized carbons (Fsp3) is 0.412. The zero-order chi connectivity index (χ0) is 17.1. The maximum absolute atomic E-state index is 12.1. The summed E-state index contributed by atoms with van der Waals surface area (Å²) in [6, 6.07) is 5.80. The van der Waals surface area contributed by atoms with Gasteiger partial charge in [-0.15, -0.1) is 23.7 Å². The largest absolute Gasteiger partial charge is 0.486 e. The van der Waals surface area contributed by atoms with Gasteiger partial charge in [-0.2, -0.15) is 0 Å². The van der Waals surface area contributed by atoms with E-state index in [1.54, 1.807) is 0 Å². The van der Waals surface area contributed by atoms with Crippen molar-refractivity contribution >= 4 is 34.8 Å². The molecule has 2 N–H and O–H groups in total. The molecule has 9 heteroatoms. The van der Waals surface area contributed by atoms with Gasteiger partial charge in [0, 0.05) is 30.0 Å². The monoisotopic (exact) mass is 397 g/mol. The number of carbonyl (C=O) groups excluding carboxylic acids is 1. The van der Waals surface area contributed by atoms with E-state index in [9.17, 15) is 4.79 Å². The van der Waals surface area contributed by atoms with Crippen LogP contribution in [0.5, 0.6) is 11.5 Å². The number of aromatic nitrogens is 1. The maximum Gasteiger partial charge on any atom is 0.227 e. The summed E-state index contributed by atoms with van der Waals surface area (Å²) in [7, 11) is 0. The minimum atomic E-state index is -0.0638. The first-order valence-corrected chi connectivity index (χ1v) is 9.12. The fourth-order valence-electron chi connectivity index (χ4n) is 2.81. The minimum absolute atomic E-state index is 0. The zero-order valence-corrected chi connectivity index (χ0v) is 15.7. The molecule has 1 aromatic heterocycles. The third-order valence-corrected chi connectivity index (χ3v) is 4.78. The van der Waals surface area contributed by atoms with Crippen LogP contribution in [0, 0.1) is 0 Å². The average molecular weight is 398 g/mol. The first-order chi connectivity index (χ1) is 12.3. The molecular formula is C17H20ClN3O4S. The molecular weight excluding hydrogens is 378 g/mol. The number of hydrogen-bond donors (Lipinski definition) is 2. The van der Waals surface area contributed by atoms with Crippen LogP contribution in [-0.2, 0) is 9.53 Å². The number of nitrogens with zero attached hydrogens (tertiary/aromatic N) is 1. The van der Waals surface area contributed by atoms with Crippen LogP contribution in [0.25, 0.3) is 11.3 Å². The molecule has 4 rings (SSSR count). The Morgan fingerprint density at radius 3 is 2.92 bits per heavy atom. The summed E-state index contributed by atoms with van der Waals surface area (Å²) < 4.78 is 16.5. The molecule has 3 heterocycles. The van der Waals surface area contributed by atoms with Crippen molar-refractivity contribution in [2.45, 2.75) is 12.5 Å². The third-order valence-electron chi connectivity index (χ3n) is 4.02. The number of benzene rings is 1. The third kappa shape index (κ3) is 4.45. The van der Waals surface area contributed by atoms with Gasteiger partial charge < -0.3 is 24.8 Å². The van der Waals surface area contributed by atoms with Crippen molar-refractivity contribution in [3.8, 4) is 22.8 Å². The van der Waals surface area contributed by atoms with Crippen molar-refractivity contribution in [3.05, 3.63) is 23.6 Å². The van der Waals surface area contributed by atoms with E-state index in [4.69, 9.17) is 14.2 Å². The lowest BCUT2D eigenvalue weighted by Gasteiger charge is -2.22. The second-order valence-corrected chi connectivity index (χ2v) is 6.73. The predicted molar refractivity (Wildman–Crippen MR) is 102 cm³/mol. The van der Waals surface area contributed by atoms with E-state index in [0.717, 1.165) is 29.3 Å². The summed E-state index contributed by atoms with van der Waals surface area (Å²) in [5, 5.41) is 8.63. The average Bonchev–Trinajstić information content (AvgIpc) is 3.10. The van der Waals surface area contributed by atoms with Crippen molar-refractivity contribution in [2.24, 2.45) is 0 Å². The summed E-state index contributed by atoms with van der Waals surface area (Å²) >= 11 is 1.41. The number of hydrogen-bond acceptors (Lipinski definition) is 7. The van der Waals surface area contributed by atoms with Gasteiger partial charge in [0.25, 0.3) is 0 Å². The van der Waals surface area contributed by atoms with Crippen LogP contribution in [0.1, 0.15) is 6.42 Å². The Labute approximate surface area is 161 Å². The molecule has 140 valence electrons. The lowest BCUT2D eigenvalue weighted by molar-refractivity contribution is -0.117. The van der Waals surface area contributed by atoms with Gasteiger partial charge in [0.15, 0.2) is 16.6 Å². The number of carbonyl (C=O) groups is 1. The van der Waals surface area contributed by atoms with E-state index in [1.807, 2.05) is 23.6 Å². The second kappa shape index (κ2) is 8.68. The molecule has 1 aromatic carbocycles. The van der Waals surface area contributed by atoms with Gasteiger partial charge in [-0.25, -0.2) is 4.98 Å². The minimum Gasteiger partial charge on any atom is -0.486 e. The normalized spacial score (nSPS) is 18.7. The number of halogens is 1. The molecule has 2 aromatic rings. The van der Waals surface area contributed by atoms with Gasteiger partial charge in [0.05, 0.1) is 18.9 Å². The Morgan fingerprint density at radius 1 is 1.27 bits per heavy atom. The molecule has 2 aliphatic rings. The van der Waals surface area contributed by atoms with Gasteiger partial charge in [0.1, 0.15) is 13.2 Å². The van der Waals surface area contributed by atoms with Crippen LogP contribution in [0.4, 0.5) is 5.13 Å². The van der Waals surface area contributed by atoms with Crippen molar-refractivity contribution in [2.75, 3.05) is 38.3 Å². The molecule has 1 fully saturated rings. The first kappa shape index (κ1) is 18.9. The number of nitrogens with one attached hydrogen (secondary N) is 2. The van der Waals surface area contributed by atoms with E-state index in [2.05, 4.69) is 15.6 Å². The van der Waals surface area contributed by atoms with Crippen molar-refractivity contribution in [1.82, 2.24) is 10.3 Å². The van der Waals surface area contributed by atoms with E-state index < -0.39 is 0 Å². The molecule has 1 unspecified atom stereocenters. The smallest absolute Gasteiger partial charge is 0.227 e. The van der Waals surface area contributed by atoms with E-state index >= 15 is 0 Å². The maximum atomic E-state index is 12.1. The highest BCUT2D eigenvalue weighted by molar-refractivity contribution is 7.14. The van der Waals surface area contributed by atoms with Gasteiger partial charge in [-0.1, -0.05) is 0 Å². The summed E-state index contributed by atoms with van der Waals surface area (Å²) in [5.41, 5.74) is 1.74. The van der Waals surface area contributed by atoms with Crippen LogP contribution in [0.15, 0.2) is 23.6 Å². The fourth-order valence-corrected chi connectivity index (χ4v) is 3.55. The number of thiazole rings is 1. The van der Waals surface area contributed by atoms with E-state index in [1.165, 1.54) is 11.3 Å². The number of morpholine rings is 1. The van der Waals surface area contributed by atoms with Crippen LogP contribution < -0.4 is 20.1 Å². The van der Waals surface area contributed by atoms with Gasteiger partial charge >= 0.3 is 0 Å².